The fraction of sp³-hybridized carbons (Fsp3) is 0.269. The van der Waals surface area contributed by atoms with Crippen LogP contribution >= 0.6 is 0 Å². The van der Waals surface area contributed by atoms with Gasteiger partial charge in [0.15, 0.2) is 0 Å². The molecule has 0 saturated heterocycles. The first kappa shape index (κ1) is 24.2. The van der Waals surface area contributed by atoms with E-state index in [9.17, 15) is 9.59 Å². The van der Waals surface area contributed by atoms with E-state index in [1.807, 2.05) is 24.3 Å². The van der Waals surface area contributed by atoms with Crippen LogP contribution in [0.1, 0.15) is 23.6 Å². The highest BCUT2D eigenvalue weighted by atomic mass is 28.3. The number of hydrogen-bond donors (Lipinski definition) is 2. The lowest BCUT2D eigenvalue weighted by atomic mass is 10.0. The Hall–Kier alpha value is -3.45. The Kier molecular flexibility index (Phi) is 8.00. The molecule has 2 aromatic carbocycles. The summed E-state index contributed by atoms with van der Waals surface area (Å²) in [6, 6.07) is 18.0. The molecule has 33 heavy (non-hydrogen) atoms. The molecule has 0 radical (unpaired) electrons. The van der Waals surface area contributed by atoms with E-state index in [4.69, 9.17) is 4.74 Å². The quantitative estimate of drug-likeness (QED) is 0.471. The van der Waals surface area contributed by atoms with Crippen molar-refractivity contribution >= 4 is 30.8 Å². The van der Waals surface area contributed by atoms with Gasteiger partial charge in [0, 0.05) is 24.5 Å². The Morgan fingerprint density at radius 3 is 2.27 bits per heavy atom. The van der Waals surface area contributed by atoms with Gasteiger partial charge in [-0.15, -0.1) is 0 Å². The van der Waals surface area contributed by atoms with Crippen molar-refractivity contribution in [3.05, 3.63) is 84.2 Å². The van der Waals surface area contributed by atoms with Crippen molar-refractivity contribution in [1.29, 1.82) is 0 Å². The minimum Gasteiger partial charge on any atom is -0.497 e. The van der Waals surface area contributed by atoms with Crippen LogP contribution in [0.4, 0.5) is 5.69 Å². The van der Waals surface area contributed by atoms with Crippen molar-refractivity contribution in [2.45, 2.75) is 38.5 Å². The molecule has 0 aliphatic carbocycles. The van der Waals surface area contributed by atoms with E-state index in [1.165, 1.54) is 5.19 Å². The smallest absolute Gasteiger partial charge is 0.251 e. The maximum atomic E-state index is 13.2. The minimum atomic E-state index is -1.42. The van der Waals surface area contributed by atoms with Gasteiger partial charge in [-0.3, -0.25) is 14.6 Å². The molecule has 2 N–H and O–H groups in total. The van der Waals surface area contributed by atoms with Crippen LogP contribution < -0.4 is 20.6 Å². The van der Waals surface area contributed by atoms with Crippen LogP contribution in [-0.4, -0.2) is 32.0 Å². The number of methoxy groups -OCH3 is 1. The van der Waals surface area contributed by atoms with Crippen molar-refractivity contribution in [2.24, 2.45) is 0 Å². The Bertz CT molecular complexity index is 1060. The van der Waals surface area contributed by atoms with Gasteiger partial charge in [-0.1, -0.05) is 55.2 Å². The van der Waals surface area contributed by atoms with Crippen LogP contribution in [0.3, 0.4) is 0 Å². The zero-order valence-electron chi connectivity index (χ0n) is 19.6. The highest BCUT2D eigenvalue weighted by Gasteiger charge is 2.23. The molecule has 0 bridgehead atoms. The number of rotatable bonds is 9. The summed E-state index contributed by atoms with van der Waals surface area (Å²) in [5.41, 5.74) is 2.35. The maximum Gasteiger partial charge on any atom is 0.251 e. The number of aromatic nitrogens is 1. The first-order chi connectivity index (χ1) is 15.8. The summed E-state index contributed by atoms with van der Waals surface area (Å²) in [5, 5.41) is 7.15. The molecule has 0 aliphatic heterocycles. The first-order valence-electron chi connectivity index (χ1n) is 11.0. The summed E-state index contributed by atoms with van der Waals surface area (Å²) in [6.45, 7) is 6.84. The first-order valence-corrected chi connectivity index (χ1v) is 14.5. The monoisotopic (exact) mass is 461 g/mol. The summed E-state index contributed by atoms with van der Waals surface area (Å²) in [4.78, 5) is 30.0. The third-order valence-corrected chi connectivity index (χ3v) is 7.46. The van der Waals surface area contributed by atoms with E-state index in [-0.39, 0.29) is 18.2 Å². The number of amides is 2. The molecule has 3 rings (SSSR count). The number of nitrogens with zero attached hydrogens (tertiary/aromatic N) is 1. The van der Waals surface area contributed by atoms with E-state index in [0.29, 0.717) is 23.4 Å². The van der Waals surface area contributed by atoms with Gasteiger partial charge < -0.3 is 15.4 Å². The molecule has 0 aliphatic rings. The molecular formula is C26H31N3O3Si. The molecule has 0 saturated carbocycles. The second kappa shape index (κ2) is 10.9. The van der Waals surface area contributed by atoms with Gasteiger partial charge in [0.2, 0.25) is 5.91 Å². The Morgan fingerprint density at radius 1 is 1.00 bits per heavy atom. The number of carbonyl (C=O) groups is 2. The van der Waals surface area contributed by atoms with Crippen molar-refractivity contribution in [3.63, 3.8) is 0 Å². The van der Waals surface area contributed by atoms with Gasteiger partial charge >= 0.3 is 0 Å². The average Bonchev–Trinajstić information content (AvgIpc) is 2.81. The van der Waals surface area contributed by atoms with Crippen LogP contribution in [0.2, 0.25) is 19.6 Å². The number of pyridine rings is 1. The van der Waals surface area contributed by atoms with Gasteiger partial charge in [0.05, 0.1) is 15.2 Å². The van der Waals surface area contributed by atoms with Crippen molar-refractivity contribution < 1.29 is 14.3 Å². The fourth-order valence-corrected chi connectivity index (χ4v) is 4.57. The molecule has 1 unspecified atom stereocenters. The minimum absolute atomic E-state index is 0.205. The molecule has 3 aromatic rings. The molecule has 7 heteroatoms. The van der Waals surface area contributed by atoms with Gasteiger partial charge in [-0.25, -0.2) is 0 Å². The summed E-state index contributed by atoms with van der Waals surface area (Å²) < 4.78 is 5.22. The number of anilines is 1. The van der Waals surface area contributed by atoms with Crippen LogP contribution in [0, 0.1) is 0 Å². The van der Waals surface area contributed by atoms with E-state index in [2.05, 4.69) is 47.4 Å². The van der Waals surface area contributed by atoms with E-state index >= 15 is 0 Å². The highest BCUT2D eigenvalue weighted by molar-refractivity contribution is 6.88. The molecule has 0 spiro atoms. The third kappa shape index (κ3) is 7.02. The van der Waals surface area contributed by atoms with Crippen LogP contribution in [0.15, 0.2) is 73.1 Å². The maximum absolute atomic E-state index is 13.2. The standard InChI is InChI=1S/C26H31N3O3Si/c1-32-22-12-8-20(9-13-22)25(29-24(30)16-7-19-6-5-17-27-18-19)26(31)28-21-10-14-23(15-11-21)33(2,3)4/h5-6,8-15,17-18,25H,7,16H2,1-4H3,(H,28,31)(H,29,30). The number of hydrogen-bond acceptors (Lipinski definition) is 4. The summed E-state index contributed by atoms with van der Waals surface area (Å²) in [5.74, 6) is 0.183. The Morgan fingerprint density at radius 2 is 1.70 bits per heavy atom. The second-order valence-corrected chi connectivity index (χ2v) is 14.0. The predicted octanol–water partition coefficient (Wildman–Crippen LogP) is 4.06. The van der Waals surface area contributed by atoms with Crippen LogP contribution in [-0.2, 0) is 16.0 Å². The number of aryl methyl sites for hydroxylation is 1. The molecule has 0 fully saturated rings. The van der Waals surface area contributed by atoms with Crippen molar-refractivity contribution in [1.82, 2.24) is 10.3 Å². The molecule has 1 heterocycles. The second-order valence-electron chi connectivity index (χ2n) is 8.95. The number of nitrogens with one attached hydrogen (secondary N) is 2. The van der Waals surface area contributed by atoms with Crippen LogP contribution in [0.25, 0.3) is 0 Å². The lowest BCUT2D eigenvalue weighted by Crippen LogP contribution is -2.38. The highest BCUT2D eigenvalue weighted by Crippen LogP contribution is 2.20. The topological polar surface area (TPSA) is 80.3 Å². The molecular weight excluding hydrogens is 430 g/mol. The Labute approximate surface area is 196 Å². The summed E-state index contributed by atoms with van der Waals surface area (Å²) in [6.07, 6.45) is 4.25. The molecule has 2 amide bonds. The molecule has 1 aromatic heterocycles. The normalized spacial score (nSPS) is 12.0. The zero-order valence-corrected chi connectivity index (χ0v) is 20.6. The van der Waals surface area contributed by atoms with Gasteiger partial charge in [-0.05, 0) is 47.9 Å². The third-order valence-electron chi connectivity index (χ3n) is 5.40. The SMILES string of the molecule is COc1ccc(C(NC(=O)CCc2cccnc2)C(=O)Nc2ccc([Si](C)(C)C)cc2)cc1. The van der Waals surface area contributed by atoms with Crippen molar-refractivity contribution in [3.8, 4) is 5.75 Å². The van der Waals surface area contributed by atoms with Crippen molar-refractivity contribution in [2.75, 3.05) is 12.4 Å². The van der Waals surface area contributed by atoms with Crippen LogP contribution in [0.5, 0.6) is 5.75 Å². The lowest BCUT2D eigenvalue weighted by Gasteiger charge is -2.20. The van der Waals surface area contributed by atoms with Gasteiger partial charge in [0.1, 0.15) is 11.8 Å². The fourth-order valence-electron chi connectivity index (χ4n) is 3.40. The molecule has 1 atom stereocenters. The summed E-state index contributed by atoms with van der Waals surface area (Å²) >= 11 is 0. The molecule has 172 valence electrons. The predicted molar refractivity (Wildman–Crippen MR) is 134 cm³/mol. The number of carbonyl (C=O) groups excluding carboxylic acids is 2. The number of benzene rings is 2. The Balaban J connectivity index is 1.74. The number of ether oxygens (including phenoxy) is 1. The van der Waals surface area contributed by atoms with Gasteiger partial charge in [0.25, 0.3) is 5.91 Å². The zero-order chi connectivity index (χ0) is 23.8. The average molecular weight is 462 g/mol. The van der Waals surface area contributed by atoms with E-state index in [1.54, 1.807) is 43.8 Å². The summed E-state index contributed by atoms with van der Waals surface area (Å²) in [7, 11) is 0.162. The van der Waals surface area contributed by atoms with Gasteiger partial charge in [-0.2, -0.15) is 0 Å². The lowest BCUT2D eigenvalue weighted by molar-refractivity contribution is -0.126. The molecule has 6 nitrogen and oxygen atoms in total. The largest absolute Gasteiger partial charge is 0.497 e. The van der Waals surface area contributed by atoms with E-state index in [0.717, 1.165) is 5.56 Å². The van der Waals surface area contributed by atoms with E-state index < -0.39 is 14.1 Å².